The van der Waals surface area contributed by atoms with Gasteiger partial charge in [0.25, 0.3) is 11.1 Å². The number of esters is 2. The zero-order valence-corrected chi connectivity index (χ0v) is 27.9. The maximum atomic E-state index is 12.6. The van der Waals surface area contributed by atoms with Crippen molar-refractivity contribution in [3.8, 4) is 22.8 Å². The van der Waals surface area contributed by atoms with Gasteiger partial charge in [0, 0.05) is 18.9 Å². The van der Waals surface area contributed by atoms with E-state index < -0.39 is 18.0 Å². The Morgan fingerprint density at radius 2 is 1.27 bits per heavy atom. The van der Waals surface area contributed by atoms with Crippen LogP contribution < -0.4 is 16.4 Å². The molecule has 6 N–H and O–H groups in total. The number of nitrogens with one attached hydrogen (secondary N) is 5. The number of hydrogen-bond acceptors (Lipinski definition) is 10. The van der Waals surface area contributed by atoms with Gasteiger partial charge in [-0.1, -0.05) is 54.1 Å². The number of carbonyl (C=O) groups excluding carboxylic acids is 2. The third-order valence-corrected chi connectivity index (χ3v) is 8.17. The molecule has 0 fully saturated rings. The van der Waals surface area contributed by atoms with Crippen LogP contribution in [-0.4, -0.2) is 67.7 Å². The molecule has 51 heavy (non-hydrogen) atoms. The molecule has 0 spiro atoms. The van der Waals surface area contributed by atoms with E-state index in [1.807, 2.05) is 30.3 Å². The van der Waals surface area contributed by atoms with Crippen LogP contribution in [0.3, 0.4) is 0 Å². The number of aliphatic hydroxyl groups excluding tert-OH is 1. The molecule has 4 aromatic heterocycles. The average molecular weight is 708 g/mol. The van der Waals surface area contributed by atoms with E-state index in [2.05, 4.69) is 35.2 Å². The molecule has 0 saturated heterocycles. The fraction of sp³-hybridized carbons (Fsp3) is 0.111. The highest BCUT2D eigenvalue weighted by Crippen LogP contribution is 2.28. The van der Waals surface area contributed by atoms with Gasteiger partial charge in [-0.15, -0.1) is 0 Å². The van der Waals surface area contributed by atoms with Crippen LogP contribution in [0.4, 0.5) is 5.69 Å². The average Bonchev–Trinajstić information content (AvgIpc) is 3.78. The van der Waals surface area contributed by atoms with Gasteiger partial charge in [-0.05, 0) is 42.0 Å². The number of halogens is 1. The van der Waals surface area contributed by atoms with Gasteiger partial charge in [0.1, 0.15) is 33.8 Å². The van der Waals surface area contributed by atoms with Crippen molar-refractivity contribution in [2.45, 2.75) is 6.10 Å². The van der Waals surface area contributed by atoms with Crippen LogP contribution in [0.2, 0.25) is 5.02 Å². The molecule has 0 bridgehead atoms. The quantitative estimate of drug-likeness (QED) is 0.114. The Balaban J connectivity index is 0.000000187. The Morgan fingerprint density at radius 1 is 0.745 bits per heavy atom. The number of nitrogens with zero attached hydrogens (tertiary/aromatic N) is 2. The Labute approximate surface area is 293 Å². The maximum absolute atomic E-state index is 12.6. The second-order valence-electron chi connectivity index (χ2n) is 11.0. The number of ether oxygens (including phenoxy) is 2. The van der Waals surface area contributed by atoms with Crippen LogP contribution in [0.1, 0.15) is 32.4 Å². The molecule has 15 heteroatoms. The summed E-state index contributed by atoms with van der Waals surface area (Å²) in [5.41, 5.74) is 3.76. The van der Waals surface area contributed by atoms with E-state index in [0.29, 0.717) is 50.5 Å². The normalized spacial score (nSPS) is 11.5. The lowest BCUT2D eigenvalue weighted by molar-refractivity contribution is 0.0594. The predicted molar refractivity (Wildman–Crippen MR) is 192 cm³/mol. The lowest BCUT2D eigenvalue weighted by Crippen LogP contribution is -2.17. The van der Waals surface area contributed by atoms with Crippen molar-refractivity contribution >= 4 is 51.3 Å². The first kappa shape index (κ1) is 34.4. The van der Waals surface area contributed by atoms with Crippen LogP contribution in [0.25, 0.3) is 44.8 Å². The summed E-state index contributed by atoms with van der Waals surface area (Å²) in [6.45, 7) is 0.202. The number of aliphatic hydroxyl groups is 1. The minimum atomic E-state index is -0.750. The summed E-state index contributed by atoms with van der Waals surface area (Å²) in [7, 11) is 2.60. The van der Waals surface area contributed by atoms with Gasteiger partial charge in [0.15, 0.2) is 0 Å². The number of benzene rings is 3. The number of pyridine rings is 2. The topological polar surface area (TPSA) is 208 Å². The largest absolute Gasteiger partial charge is 0.465 e. The summed E-state index contributed by atoms with van der Waals surface area (Å²) < 4.78 is 9.53. The van der Waals surface area contributed by atoms with Crippen molar-refractivity contribution in [2.75, 3.05) is 26.1 Å². The van der Waals surface area contributed by atoms with Gasteiger partial charge < -0.3 is 39.8 Å². The summed E-state index contributed by atoms with van der Waals surface area (Å²) in [5, 5.41) is 13.8. The Bertz CT molecular complexity index is 2490. The molecule has 3 aromatic carbocycles. The fourth-order valence-electron chi connectivity index (χ4n) is 5.39. The molecule has 1 atom stereocenters. The first-order valence-corrected chi connectivity index (χ1v) is 15.8. The van der Waals surface area contributed by atoms with Crippen LogP contribution >= 0.6 is 11.6 Å². The molecule has 0 aliphatic heterocycles. The van der Waals surface area contributed by atoms with E-state index in [4.69, 9.17) is 21.1 Å². The van der Waals surface area contributed by atoms with Gasteiger partial charge in [-0.2, -0.15) is 0 Å². The zero-order chi connectivity index (χ0) is 36.1. The third kappa shape index (κ3) is 7.13. The maximum Gasteiger partial charge on any atom is 0.340 e. The van der Waals surface area contributed by atoms with Crippen LogP contribution in [-0.2, 0) is 9.47 Å². The number of rotatable bonds is 8. The van der Waals surface area contributed by atoms with E-state index in [9.17, 15) is 24.3 Å². The first-order chi connectivity index (χ1) is 24.7. The van der Waals surface area contributed by atoms with Gasteiger partial charge >= 0.3 is 11.9 Å². The molecular weight excluding hydrogens is 678 g/mol. The summed E-state index contributed by atoms with van der Waals surface area (Å²) in [5.74, 6) is -0.398. The van der Waals surface area contributed by atoms with Gasteiger partial charge in [0.05, 0.1) is 53.2 Å². The van der Waals surface area contributed by atoms with Crippen LogP contribution in [0, 0.1) is 0 Å². The lowest BCUT2D eigenvalue weighted by atomic mass is 10.1. The van der Waals surface area contributed by atoms with Crippen LogP contribution in [0.5, 0.6) is 0 Å². The van der Waals surface area contributed by atoms with Crippen molar-refractivity contribution < 1.29 is 24.2 Å². The molecule has 0 saturated carbocycles. The molecule has 0 aliphatic carbocycles. The number of carbonyl (C=O) groups is 2. The highest BCUT2D eigenvalue weighted by molar-refractivity contribution is 6.33. The Morgan fingerprint density at radius 3 is 1.82 bits per heavy atom. The second kappa shape index (κ2) is 14.9. The number of aromatic amines is 4. The lowest BCUT2D eigenvalue weighted by Gasteiger charge is -2.14. The summed E-state index contributed by atoms with van der Waals surface area (Å²) in [6, 6.07) is 22.7. The highest BCUT2D eigenvalue weighted by atomic mass is 35.5. The summed E-state index contributed by atoms with van der Waals surface area (Å²) >= 11 is 6.05. The molecule has 0 amide bonds. The van der Waals surface area contributed by atoms with E-state index in [1.54, 1.807) is 48.5 Å². The van der Waals surface area contributed by atoms with Crippen LogP contribution in [0.15, 0.2) is 101 Å². The molecular formula is C36H30ClN7O7. The molecule has 4 heterocycles. The van der Waals surface area contributed by atoms with Crippen molar-refractivity contribution in [1.82, 2.24) is 29.9 Å². The second-order valence-corrected chi connectivity index (χ2v) is 11.4. The number of H-pyrrole nitrogens is 4. The van der Waals surface area contributed by atoms with E-state index in [-0.39, 0.29) is 33.8 Å². The number of imidazole rings is 2. The SMILES string of the molecule is COC(=O)c1cccc2[nH]c(-c3c(Cl)cc[nH]c3=O)nc12.COC(=O)c1cccc2[nH]c(-c3c(NC[C@@H](O)c4ccccc4)cc[nH]c3=O)nc12. The standard InChI is InChI=1S/C22H20N4O4.C14H10ClN3O3/c1-30-22(29)14-8-5-9-16-19(14)26-20(25-16)18-15(10-11-23-21(18)28)24-12-17(27)13-6-3-2-4-7-13;1-21-14(20)7-3-2-4-9-11(7)18-12(17-9)10-8(15)5-6-16-13(10)19/h2-11,17,27H,12H2,1H3,(H,25,26)(H2,23,24,28);2-6H,1H3,(H,16,19)(H,17,18)/t17-;/m1./s1. The number of para-hydroxylation sites is 2. The van der Waals surface area contributed by atoms with Crippen molar-refractivity contribution in [3.63, 3.8) is 0 Å². The van der Waals surface area contributed by atoms with Crippen molar-refractivity contribution in [3.05, 3.63) is 134 Å². The number of aromatic nitrogens is 6. The molecule has 258 valence electrons. The summed E-state index contributed by atoms with van der Waals surface area (Å²) in [6.07, 6.45) is 2.22. The molecule has 0 unspecified atom stereocenters. The minimum Gasteiger partial charge on any atom is -0.465 e. The van der Waals surface area contributed by atoms with E-state index >= 15 is 0 Å². The van der Waals surface area contributed by atoms with E-state index in [1.165, 1.54) is 26.6 Å². The van der Waals surface area contributed by atoms with E-state index in [0.717, 1.165) is 5.56 Å². The number of anilines is 1. The molecule has 0 radical (unpaired) electrons. The molecule has 0 aliphatic rings. The summed E-state index contributed by atoms with van der Waals surface area (Å²) in [4.78, 5) is 68.3. The van der Waals surface area contributed by atoms with Gasteiger partial charge in [0.2, 0.25) is 0 Å². The van der Waals surface area contributed by atoms with Crippen molar-refractivity contribution in [1.29, 1.82) is 0 Å². The highest BCUT2D eigenvalue weighted by Gasteiger charge is 2.20. The Kier molecular flexibility index (Phi) is 10.1. The third-order valence-electron chi connectivity index (χ3n) is 7.85. The minimum absolute atomic E-state index is 0.202. The molecule has 7 rings (SSSR count). The van der Waals surface area contributed by atoms with Crippen molar-refractivity contribution in [2.24, 2.45) is 0 Å². The smallest absolute Gasteiger partial charge is 0.340 e. The Hall–Kier alpha value is -6.51. The first-order valence-electron chi connectivity index (χ1n) is 15.4. The van der Waals surface area contributed by atoms with Gasteiger partial charge in [-0.3, -0.25) is 9.59 Å². The number of hydrogen-bond donors (Lipinski definition) is 6. The monoisotopic (exact) mass is 707 g/mol. The van der Waals surface area contributed by atoms with Gasteiger partial charge in [-0.25, -0.2) is 19.6 Å². The predicted octanol–water partition coefficient (Wildman–Crippen LogP) is 5.21. The zero-order valence-electron chi connectivity index (χ0n) is 27.1. The molecule has 14 nitrogen and oxygen atoms in total. The molecule has 7 aromatic rings. The number of fused-ring (bicyclic) bond motifs is 2. The number of methoxy groups -OCH3 is 2. The fourth-order valence-corrected chi connectivity index (χ4v) is 5.62.